The molecule has 0 aliphatic heterocycles. The van der Waals surface area contributed by atoms with Crippen LogP contribution in [0.4, 0.5) is 13.2 Å². The highest BCUT2D eigenvalue weighted by Crippen LogP contribution is 2.64. The number of rotatable bonds is 4. The van der Waals surface area contributed by atoms with Gasteiger partial charge in [-0.05, 0) is 25.7 Å². The maximum atomic E-state index is 12.7. The summed E-state index contributed by atoms with van der Waals surface area (Å²) in [7, 11) is 0. The van der Waals surface area contributed by atoms with E-state index in [9.17, 15) is 18.0 Å². The Morgan fingerprint density at radius 2 is 2.07 bits per heavy atom. The Bertz CT molecular complexity index is 250. The second-order valence-electron chi connectivity index (χ2n) is 3.88. The summed E-state index contributed by atoms with van der Waals surface area (Å²) in [6, 6.07) is 0. The molecule has 1 rings (SSSR count). The van der Waals surface area contributed by atoms with Gasteiger partial charge in [0, 0.05) is 0 Å². The Morgan fingerprint density at radius 3 is 2.47 bits per heavy atom. The molecular weight excluding hydrogens is 209 g/mol. The van der Waals surface area contributed by atoms with Gasteiger partial charge in [-0.2, -0.15) is 13.2 Å². The van der Waals surface area contributed by atoms with Crippen LogP contribution in [0.15, 0.2) is 0 Å². The lowest BCUT2D eigenvalue weighted by Gasteiger charge is -2.19. The molecule has 1 saturated carbocycles. The summed E-state index contributed by atoms with van der Waals surface area (Å²) in [6.07, 6.45) is -3.50. The molecule has 2 atom stereocenters. The van der Waals surface area contributed by atoms with Crippen LogP contribution in [0.3, 0.4) is 0 Å². The predicted molar refractivity (Wildman–Crippen MR) is 48.1 cm³/mol. The number of ether oxygens (including phenoxy) is 1. The highest BCUT2D eigenvalue weighted by atomic mass is 19.4. The summed E-state index contributed by atoms with van der Waals surface area (Å²) in [5.74, 6) is -1.68. The number of hydrogen-bond donors (Lipinski definition) is 0. The first kappa shape index (κ1) is 12.3. The zero-order chi connectivity index (χ0) is 11.7. The van der Waals surface area contributed by atoms with Gasteiger partial charge in [0.25, 0.3) is 0 Å². The van der Waals surface area contributed by atoms with E-state index in [4.69, 9.17) is 0 Å². The van der Waals surface area contributed by atoms with Crippen molar-refractivity contribution in [3.05, 3.63) is 0 Å². The van der Waals surface area contributed by atoms with Gasteiger partial charge in [-0.1, -0.05) is 13.3 Å². The average molecular weight is 224 g/mol. The lowest BCUT2D eigenvalue weighted by atomic mass is 10.0. The number of alkyl halides is 3. The number of esters is 1. The molecule has 0 heterocycles. The molecule has 1 aliphatic rings. The minimum atomic E-state index is -4.47. The standard InChI is InChI=1S/C10H15F3O2/c1-3-5-7-6-9(7,10(11,12)13)8(14)15-4-2/h7H,3-6H2,1-2H3/t7-,9-/m0/s1. The van der Waals surface area contributed by atoms with Gasteiger partial charge in [-0.15, -0.1) is 0 Å². The first-order chi connectivity index (χ1) is 6.90. The Labute approximate surface area is 86.8 Å². The second-order valence-corrected chi connectivity index (χ2v) is 3.88. The summed E-state index contributed by atoms with van der Waals surface area (Å²) in [6.45, 7) is 3.32. The van der Waals surface area contributed by atoms with Crippen molar-refractivity contribution >= 4 is 5.97 Å². The monoisotopic (exact) mass is 224 g/mol. The smallest absolute Gasteiger partial charge is 0.405 e. The van der Waals surface area contributed by atoms with Gasteiger partial charge in [0.2, 0.25) is 0 Å². The van der Waals surface area contributed by atoms with E-state index in [2.05, 4.69) is 4.74 Å². The van der Waals surface area contributed by atoms with Crippen molar-refractivity contribution in [1.29, 1.82) is 0 Å². The highest BCUT2D eigenvalue weighted by molar-refractivity contribution is 5.81. The fourth-order valence-corrected chi connectivity index (χ4v) is 2.00. The van der Waals surface area contributed by atoms with E-state index >= 15 is 0 Å². The van der Waals surface area contributed by atoms with E-state index in [1.54, 1.807) is 0 Å². The van der Waals surface area contributed by atoms with Gasteiger partial charge < -0.3 is 4.74 Å². The van der Waals surface area contributed by atoms with Gasteiger partial charge in [-0.3, -0.25) is 4.79 Å². The largest absolute Gasteiger partial charge is 0.465 e. The molecule has 15 heavy (non-hydrogen) atoms. The number of halogens is 3. The van der Waals surface area contributed by atoms with Gasteiger partial charge in [0.1, 0.15) is 0 Å². The molecule has 0 aromatic heterocycles. The fourth-order valence-electron chi connectivity index (χ4n) is 2.00. The first-order valence-corrected chi connectivity index (χ1v) is 5.14. The van der Waals surface area contributed by atoms with E-state index in [1.807, 2.05) is 6.92 Å². The van der Waals surface area contributed by atoms with Gasteiger partial charge in [0.05, 0.1) is 6.61 Å². The van der Waals surface area contributed by atoms with E-state index < -0.39 is 23.5 Å². The molecule has 88 valence electrons. The third kappa shape index (κ3) is 1.96. The van der Waals surface area contributed by atoms with Crippen LogP contribution in [-0.4, -0.2) is 18.8 Å². The molecule has 0 amide bonds. The molecular formula is C10H15F3O2. The summed E-state index contributed by atoms with van der Waals surface area (Å²) in [5.41, 5.74) is -2.20. The van der Waals surface area contributed by atoms with Crippen molar-refractivity contribution in [1.82, 2.24) is 0 Å². The van der Waals surface area contributed by atoms with Gasteiger partial charge in [0.15, 0.2) is 5.41 Å². The number of carbonyl (C=O) groups is 1. The third-order valence-electron chi connectivity index (χ3n) is 2.89. The molecule has 0 aromatic rings. The molecule has 0 unspecified atom stereocenters. The Hall–Kier alpha value is -0.740. The molecule has 0 aromatic carbocycles. The molecule has 1 fully saturated rings. The summed E-state index contributed by atoms with van der Waals surface area (Å²) in [5, 5.41) is 0. The maximum Gasteiger partial charge on any atom is 0.405 e. The van der Waals surface area contributed by atoms with Crippen molar-refractivity contribution in [3.8, 4) is 0 Å². The van der Waals surface area contributed by atoms with Crippen LogP contribution in [0, 0.1) is 11.3 Å². The predicted octanol–water partition coefficient (Wildman–Crippen LogP) is 2.92. The summed E-state index contributed by atoms with van der Waals surface area (Å²) < 4.78 is 42.7. The highest BCUT2D eigenvalue weighted by Gasteiger charge is 2.75. The van der Waals surface area contributed by atoms with Gasteiger partial charge >= 0.3 is 12.1 Å². The SMILES string of the molecule is CCC[C@H]1C[C@]1(C(=O)OCC)C(F)(F)F. The van der Waals surface area contributed by atoms with E-state index in [-0.39, 0.29) is 13.0 Å². The maximum absolute atomic E-state index is 12.7. The lowest BCUT2D eigenvalue weighted by Crippen LogP contribution is -2.36. The second kappa shape index (κ2) is 4.02. The molecule has 0 saturated heterocycles. The summed E-state index contributed by atoms with van der Waals surface area (Å²) >= 11 is 0. The van der Waals surface area contributed by atoms with Crippen molar-refractivity contribution < 1.29 is 22.7 Å². The molecule has 0 radical (unpaired) electrons. The van der Waals surface area contributed by atoms with Crippen molar-refractivity contribution in [2.24, 2.45) is 11.3 Å². The van der Waals surface area contributed by atoms with Crippen LogP contribution in [0.1, 0.15) is 33.1 Å². The summed E-state index contributed by atoms with van der Waals surface area (Å²) in [4.78, 5) is 11.3. The van der Waals surface area contributed by atoms with E-state index in [0.29, 0.717) is 12.8 Å². The van der Waals surface area contributed by atoms with Crippen molar-refractivity contribution in [2.45, 2.75) is 39.3 Å². The third-order valence-corrected chi connectivity index (χ3v) is 2.89. The lowest BCUT2D eigenvalue weighted by molar-refractivity contribution is -0.210. The Morgan fingerprint density at radius 1 is 1.47 bits per heavy atom. The average Bonchev–Trinajstić information content (AvgIpc) is 2.80. The minimum absolute atomic E-state index is 0.00446. The van der Waals surface area contributed by atoms with Crippen LogP contribution in [-0.2, 0) is 9.53 Å². The molecule has 5 heteroatoms. The zero-order valence-electron chi connectivity index (χ0n) is 8.86. The van der Waals surface area contributed by atoms with Gasteiger partial charge in [-0.25, -0.2) is 0 Å². The fraction of sp³-hybridized carbons (Fsp3) is 0.900. The Balaban J connectivity index is 2.78. The van der Waals surface area contributed by atoms with Crippen molar-refractivity contribution in [2.75, 3.05) is 6.61 Å². The molecule has 0 bridgehead atoms. The van der Waals surface area contributed by atoms with Crippen LogP contribution in [0.5, 0.6) is 0 Å². The molecule has 0 spiro atoms. The van der Waals surface area contributed by atoms with Crippen LogP contribution in [0.25, 0.3) is 0 Å². The first-order valence-electron chi connectivity index (χ1n) is 5.14. The van der Waals surface area contributed by atoms with Crippen LogP contribution >= 0.6 is 0 Å². The topological polar surface area (TPSA) is 26.3 Å². The Kier molecular flexibility index (Phi) is 3.31. The van der Waals surface area contributed by atoms with E-state index in [0.717, 1.165) is 0 Å². The zero-order valence-corrected chi connectivity index (χ0v) is 8.86. The quantitative estimate of drug-likeness (QED) is 0.686. The number of carbonyl (C=O) groups excluding carboxylic acids is 1. The van der Waals surface area contributed by atoms with Crippen LogP contribution < -0.4 is 0 Å². The molecule has 1 aliphatic carbocycles. The number of hydrogen-bond acceptors (Lipinski definition) is 2. The molecule has 2 nitrogen and oxygen atoms in total. The normalized spacial score (nSPS) is 30.1. The van der Waals surface area contributed by atoms with E-state index in [1.165, 1.54) is 6.92 Å². The van der Waals surface area contributed by atoms with Crippen molar-refractivity contribution in [3.63, 3.8) is 0 Å². The van der Waals surface area contributed by atoms with Crippen LogP contribution in [0.2, 0.25) is 0 Å². The molecule has 0 N–H and O–H groups in total. The minimum Gasteiger partial charge on any atom is -0.465 e.